The molecule has 0 bridgehead atoms. The van der Waals surface area contributed by atoms with Crippen LogP contribution in [0.15, 0.2) is 42.1 Å². The number of allylic oxidation sites excluding steroid dienone is 1. The molecular formula is C16H19ClN4OS. The summed E-state index contributed by atoms with van der Waals surface area (Å²) in [6, 6.07) is 7.05. The van der Waals surface area contributed by atoms with Gasteiger partial charge in [0, 0.05) is 35.8 Å². The van der Waals surface area contributed by atoms with Gasteiger partial charge in [-0.05, 0) is 24.3 Å². The fraction of sp³-hybridized carbons (Fsp3) is 0.312. The maximum Gasteiger partial charge on any atom is 0.225 e. The second kappa shape index (κ2) is 8.74. The topological polar surface area (TPSA) is 59.8 Å². The standard InChI is InChI=1S/C16H19ClN4OS/c1-3-10-21-14(4-2)19-20-16(21)23-11-9-15(22)18-13-7-5-12(17)6-8-13/h3,5-8H,1,4,9-11H2,2H3,(H,18,22). The summed E-state index contributed by atoms with van der Waals surface area (Å²) in [7, 11) is 0. The predicted octanol–water partition coefficient (Wildman–Crippen LogP) is 3.80. The van der Waals surface area contributed by atoms with E-state index in [1.54, 1.807) is 24.3 Å². The van der Waals surface area contributed by atoms with Crippen LogP contribution in [0.4, 0.5) is 5.69 Å². The fourth-order valence-electron chi connectivity index (χ4n) is 1.99. The van der Waals surface area contributed by atoms with Crippen LogP contribution in [0.5, 0.6) is 0 Å². The lowest BCUT2D eigenvalue weighted by atomic mass is 10.3. The summed E-state index contributed by atoms with van der Waals surface area (Å²) in [6.45, 7) is 6.47. The molecule has 7 heteroatoms. The zero-order chi connectivity index (χ0) is 16.7. The van der Waals surface area contributed by atoms with E-state index < -0.39 is 0 Å². The number of nitrogens with zero attached hydrogens (tertiary/aromatic N) is 3. The Morgan fingerprint density at radius 1 is 1.39 bits per heavy atom. The number of rotatable bonds is 8. The number of carbonyl (C=O) groups excluding carboxylic acids is 1. The number of carbonyl (C=O) groups is 1. The molecule has 0 saturated heterocycles. The highest BCUT2D eigenvalue weighted by molar-refractivity contribution is 7.99. The third kappa shape index (κ3) is 5.11. The number of benzene rings is 1. The van der Waals surface area contributed by atoms with Gasteiger partial charge in [0.15, 0.2) is 5.16 Å². The summed E-state index contributed by atoms with van der Waals surface area (Å²) in [5.41, 5.74) is 0.743. The Hall–Kier alpha value is -1.79. The molecule has 0 aliphatic heterocycles. The highest BCUT2D eigenvalue weighted by atomic mass is 35.5. The highest BCUT2D eigenvalue weighted by Crippen LogP contribution is 2.19. The first-order valence-electron chi connectivity index (χ1n) is 7.35. The monoisotopic (exact) mass is 350 g/mol. The molecule has 2 rings (SSSR count). The molecule has 2 aromatic rings. The van der Waals surface area contributed by atoms with Gasteiger partial charge < -0.3 is 9.88 Å². The lowest BCUT2D eigenvalue weighted by Gasteiger charge is -2.07. The zero-order valence-corrected chi connectivity index (χ0v) is 14.5. The van der Waals surface area contributed by atoms with Crippen LogP contribution in [-0.2, 0) is 17.8 Å². The van der Waals surface area contributed by atoms with Crippen molar-refractivity contribution in [2.24, 2.45) is 0 Å². The van der Waals surface area contributed by atoms with E-state index in [4.69, 9.17) is 11.6 Å². The first-order valence-corrected chi connectivity index (χ1v) is 8.71. The first-order chi connectivity index (χ1) is 11.1. The highest BCUT2D eigenvalue weighted by Gasteiger charge is 2.11. The lowest BCUT2D eigenvalue weighted by Crippen LogP contribution is -2.12. The second-order valence-electron chi connectivity index (χ2n) is 4.81. The van der Waals surface area contributed by atoms with Crippen molar-refractivity contribution in [2.45, 2.75) is 31.5 Å². The Bertz CT molecular complexity index is 669. The molecule has 0 spiro atoms. The Balaban J connectivity index is 1.84. The number of nitrogens with one attached hydrogen (secondary N) is 1. The average molecular weight is 351 g/mol. The third-order valence-corrected chi connectivity index (χ3v) is 4.33. The summed E-state index contributed by atoms with van der Waals surface area (Å²) in [5.74, 6) is 1.53. The van der Waals surface area contributed by atoms with E-state index in [1.165, 1.54) is 11.8 Å². The molecule has 0 aliphatic carbocycles. The van der Waals surface area contributed by atoms with Crippen LogP contribution >= 0.6 is 23.4 Å². The molecule has 0 radical (unpaired) electrons. The maximum atomic E-state index is 11.9. The average Bonchev–Trinajstić information content (AvgIpc) is 2.92. The largest absolute Gasteiger partial charge is 0.326 e. The summed E-state index contributed by atoms with van der Waals surface area (Å²) in [6.07, 6.45) is 3.04. The number of hydrogen-bond donors (Lipinski definition) is 1. The number of hydrogen-bond acceptors (Lipinski definition) is 4. The van der Waals surface area contributed by atoms with E-state index >= 15 is 0 Å². The molecule has 0 fully saturated rings. The van der Waals surface area contributed by atoms with E-state index in [1.807, 2.05) is 17.6 Å². The molecule has 0 aliphatic rings. The van der Waals surface area contributed by atoms with Gasteiger partial charge in [0.2, 0.25) is 5.91 Å². The number of thioether (sulfide) groups is 1. The van der Waals surface area contributed by atoms with Gasteiger partial charge in [0.1, 0.15) is 5.82 Å². The molecule has 1 amide bonds. The molecule has 122 valence electrons. The maximum absolute atomic E-state index is 11.9. The van der Waals surface area contributed by atoms with Crippen molar-refractivity contribution in [3.63, 3.8) is 0 Å². The molecule has 0 atom stereocenters. The van der Waals surface area contributed by atoms with Gasteiger partial charge in [-0.15, -0.1) is 16.8 Å². The van der Waals surface area contributed by atoms with Crippen LogP contribution in [0.1, 0.15) is 19.2 Å². The van der Waals surface area contributed by atoms with E-state index in [2.05, 4.69) is 22.1 Å². The minimum Gasteiger partial charge on any atom is -0.326 e. The van der Waals surface area contributed by atoms with E-state index in [0.717, 1.165) is 23.1 Å². The normalized spacial score (nSPS) is 10.5. The summed E-state index contributed by atoms with van der Waals surface area (Å²) in [4.78, 5) is 11.9. The molecule has 1 heterocycles. The molecular weight excluding hydrogens is 332 g/mol. The second-order valence-corrected chi connectivity index (χ2v) is 6.30. The van der Waals surface area contributed by atoms with Crippen molar-refractivity contribution in [1.82, 2.24) is 14.8 Å². The number of anilines is 1. The smallest absolute Gasteiger partial charge is 0.225 e. The lowest BCUT2D eigenvalue weighted by molar-refractivity contribution is -0.115. The Labute approximate surface area is 145 Å². The molecule has 1 aromatic heterocycles. The minimum absolute atomic E-state index is 0.0367. The van der Waals surface area contributed by atoms with Gasteiger partial charge >= 0.3 is 0 Å². The molecule has 23 heavy (non-hydrogen) atoms. The van der Waals surface area contributed by atoms with Gasteiger partial charge in [0.05, 0.1) is 0 Å². The van der Waals surface area contributed by atoms with Crippen LogP contribution in [0, 0.1) is 0 Å². The molecule has 1 aromatic carbocycles. The number of halogens is 1. The van der Waals surface area contributed by atoms with E-state index in [-0.39, 0.29) is 5.91 Å². The molecule has 0 saturated carbocycles. The molecule has 1 N–H and O–H groups in total. The quantitative estimate of drug-likeness (QED) is 0.581. The van der Waals surface area contributed by atoms with Gasteiger partial charge in [0.25, 0.3) is 0 Å². The Morgan fingerprint density at radius 2 is 2.13 bits per heavy atom. The minimum atomic E-state index is -0.0367. The molecule has 5 nitrogen and oxygen atoms in total. The third-order valence-electron chi connectivity index (χ3n) is 3.11. The van der Waals surface area contributed by atoms with Crippen molar-refractivity contribution in [3.05, 3.63) is 47.8 Å². The van der Waals surface area contributed by atoms with Crippen LogP contribution in [-0.4, -0.2) is 26.4 Å². The zero-order valence-electron chi connectivity index (χ0n) is 13.0. The summed E-state index contributed by atoms with van der Waals surface area (Å²) in [5, 5.41) is 12.6. The summed E-state index contributed by atoms with van der Waals surface area (Å²) < 4.78 is 2.02. The SMILES string of the molecule is C=CCn1c(CC)nnc1SCCC(=O)Nc1ccc(Cl)cc1. The van der Waals surface area contributed by atoms with Crippen molar-refractivity contribution < 1.29 is 4.79 Å². The van der Waals surface area contributed by atoms with Gasteiger partial charge in [-0.3, -0.25) is 4.79 Å². The summed E-state index contributed by atoms with van der Waals surface area (Å²) >= 11 is 7.34. The van der Waals surface area contributed by atoms with Crippen LogP contribution in [0.3, 0.4) is 0 Å². The van der Waals surface area contributed by atoms with E-state index in [0.29, 0.717) is 23.7 Å². The van der Waals surface area contributed by atoms with Crippen molar-refractivity contribution in [1.29, 1.82) is 0 Å². The number of aryl methyl sites for hydroxylation is 1. The van der Waals surface area contributed by atoms with Crippen LogP contribution in [0.25, 0.3) is 0 Å². The van der Waals surface area contributed by atoms with Crippen molar-refractivity contribution >= 4 is 35.0 Å². The van der Waals surface area contributed by atoms with Crippen LogP contribution < -0.4 is 5.32 Å². The van der Waals surface area contributed by atoms with Crippen LogP contribution in [0.2, 0.25) is 5.02 Å². The first kappa shape index (κ1) is 17.6. The number of aromatic nitrogens is 3. The Kier molecular flexibility index (Phi) is 6.67. The van der Waals surface area contributed by atoms with Gasteiger partial charge in [-0.25, -0.2) is 0 Å². The van der Waals surface area contributed by atoms with Gasteiger partial charge in [-0.2, -0.15) is 0 Å². The van der Waals surface area contributed by atoms with Gasteiger partial charge in [-0.1, -0.05) is 36.4 Å². The van der Waals surface area contributed by atoms with E-state index in [9.17, 15) is 4.79 Å². The predicted molar refractivity (Wildman–Crippen MR) is 95.0 cm³/mol. The number of amides is 1. The fourth-order valence-corrected chi connectivity index (χ4v) is 3.02. The molecule has 0 unspecified atom stereocenters. The van der Waals surface area contributed by atoms with Crippen molar-refractivity contribution in [2.75, 3.05) is 11.1 Å². The van der Waals surface area contributed by atoms with Crippen molar-refractivity contribution in [3.8, 4) is 0 Å². The Morgan fingerprint density at radius 3 is 2.78 bits per heavy atom.